The maximum atomic E-state index is 5.65. The highest BCUT2D eigenvalue weighted by Crippen LogP contribution is 2.48. The number of rotatable bonds is 4. The first-order chi connectivity index (χ1) is 25.8. The Balaban J connectivity index is 1.37. The monoisotopic (exact) mass is 681 g/mol. The molecule has 11 rings (SSSR count). The summed E-state index contributed by atoms with van der Waals surface area (Å²) in [5, 5.41) is 5.41. The highest BCUT2D eigenvalue weighted by Gasteiger charge is 2.26. The van der Waals surface area contributed by atoms with Crippen molar-refractivity contribution in [3.05, 3.63) is 164 Å². The van der Waals surface area contributed by atoms with Crippen LogP contribution in [-0.2, 0) is 0 Å². The fourth-order valence-electron chi connectivity index (χ4n) is 7.71. The van der Waals surface area contributed by atoms with Crippen LogP contribution in [0.5, 0.6) is 0 Å². The zero-order chi connectivity index (χ0) is 34.2. The molecule has 4 heterocycles. The Labute approximate surface area is 302 Å². The van der Waals surface area contributed by atoms with Gasteiger partial charge in [0.15, 0.2) is 0 Å². The fourth-order valence-corrected chi connectivity index (χ4v) is 8.95. The Kier molecular flexibility index (Phi) is 6.35. The predicted octanol–water partition coefficient (Wildman–Crippen LogP) is 12.0. The number of aromatic nitrogens is 5. The number of fused-ring (bicyclic) bond motifs is 11. The first-order valence-corrected chi connectivity index (χ1v) is 18.1. The molecule has 0 spiro atoms. The average molecular weight is 682 g/mol. The third-order valence-corrected chi connectivity index (χ3v) is 11.2. The number of para-hydroxylation sites is 2. The number of hydrogen-bond acceptors (Lipinski definition) is 5. The van der Waals surface area contributed by atoms with E-state index in [1.54, 1.807) is 11.3 Å². The van der Waals surface area contributed by atoms with Crippen molar-refractivity contribution in [2.24, 2.45) is 0 Å². The molecule has 0 bridgehead atoms. The van der Waals surface area contributed by atoms with Crippen molar-refractivity contribution in [1.29, 1.82) is 0 Å². The molecule has 0 aliphatic carbocycles. The molecule has 5 nitrogen and oxygen atoms in total. The van der Waals surface area contributed by atoms with Gasteiger partial charge in [-0.3, -0.25) is 4.57 Å². The topological polar surface area (TPSA) is 56.5 Å². The van der Waals surface area contributed by atoms with Crippen molar-refractivity contribution < 1.29 is 0 Å². The van der Waals surface area contributed by atoms with Crippen LogP contribution in [0.15, 0.2) is 164 Å². The Bertz CT molecular complexity index is 3170. The average Bonchev–Trinajstić information content (AvgIpc) is 3.78. The summed E-state index contributed by atoms with van der Waals surface area (Å²) in [6.07, 6.45) is 0. The molecule has 7 aromatic carbocycles. The second kappa shape index (κ2) is 11.4. The second-order valence-corrected chi connectivity index (χ2v) is 14.0. The molecule has 0 N–H and O–H groups in total. The van der Waals surface area contributed by atoms with Gasteiger partial charge in [0.05, 0.1) is 43.8 Å². The third-order valence-electron chi connectivity index (χ3n) is 9.99. The van der Waals surface area contributed by atoms with Crippen LogP contribution < -0.4 is 0 Å². The molecule has 11 aromatic rings. The molecule has 52 heavy (non-hydrogen) atoms. The van der Waals surface area contributed by atoms with E-state index in [9.17, 15) is 0 Å². The summed E-state index contributed by atoms with van der Waals surface area (Å²) < 4.78 is 4.59. The van der Waals surface area contributed by atoms with E-state index in [2.05, 4.69) is 144 Å². The molecule has 0 atom stereocenters. The van der Waals surface area contributed by atoms with E-state index in [4.69, 9.17) is 19.9 Å². The Morgan fingerprint density at radius 2 is 0.923 bits per heavy atom. The normalized spacial score (nSPS) is 11.8. The molecule has 242 valence electrons. The smallest absolute Gasteiger partial charge is 0.235 e. The minimum absolute atomic E-state index is 0.624. The Hall–Kier alpha value is -6.76. The lowest BCUT2D eigenvalue weighted by atomic mass is 10.0. The standard InChI is InChI=1S/C46H27N5S/c1-4-16-28(17-5-1)39-31-22-10-13-25-34(31)47-46(50-39)51-35-26-14-11-23-32(35)37-42-43(38-33-24-12-15-27-36(33)52-45(38)44(37)51)49-41(30-20-8-3-9-21-30)40(48-42)29-18-6-2-7-19-29/h1-27H. The third kappa shape index (κ3) is 4.28. The largest absolute Gasteiger partial charge is 0.276 e. The highest BCUT2D eigenvalue weighted by molar-refractivity contribution is 7.27. The van der Waals surface area contributed by atoms with Gasteiger partial charge in [-0.15, -0.1) is 11.3 Å². The van der Waals surface area contributed by atoms with Gasteiger partial charge in [0, 0.05) is 48.3 Å². The van der Waals surface area contributed by atoms with Crippen molar-refractivity contribution in [3.63, 3.8) is 0 Å². The molecule has 0 unspecified atom stereocenters. The van der Waals surface area contributed by atoms with Gasteiger partial charge in [-0.1, -0.05) is 146 Å². The van der Waals surface area contributed by atoms with Crippen LogP contribution >= 0.6 is 11.3 Å². The molecular weight excluding hydrogens is 655 g/mol. The van der Waals surface area contributed by atoms with Gasteiger partial charge >= 0.3 is 0 Å². The summed E-state index contributed by atoms with van der Waals surface area (Å²) in [6.45, 7) is 0. The summed E-state index contributed by atoms with van der Waals surface area (Å²) >= 11 is 1.79. The van der Waals surface area contributed by atoms with Gasteiger partial charge in [0.2, 0.25) is 5.95 Å². The highest BCUT2D eigenvalue weighted by atomic mass is 32.1. The maximum absolute atomic E-state index is 5.65. The number of nitrogens with zero attached hydrogens (tertiary/aromatic N) is 5. The molecular formula is C46H27N5S. The van der Waals surface area contributed by atoms with Crippen molar-refractivity contribution >= 4 is 75.3 Å². The summed E-state index contributed by atoms with van der Waals surface area (Å²) in [7, 11) is 0. The quantitative estimate of drug-likeness (QED) is 0.185. The summed E-state index contributed by atoms with van der Waals surface area (Å²) in [5.41, 5.74) is 10.4. The number of hydrogen-bond donors (Lipinski definition) is 0. The fraction of sp³-hybridized carbons (Fsp3) is 0. The first-order valence-electron chi connectivity index (χ1n) is 17.3. The van der Waals surface area contributed by atoms with E-state index in [0.717, 1.165) is 93.0 Å². The molecule has 0 saturated heterocycles. The molecule has 0 aliphatic rings. The van der Waals surface area contributed by atoms with E-state index >= 15 is 0 Å². The first kappa shape index (κ1) is 29.0. The van der Waals surface area contributed by atoms with Gasteiger partial charge in [-0.05, 0) is 18.2 Å². The summed E-state index contributed by atoms with van der Waals surface area (Å²) in [4.78, 5) is 21.9. The zero-order valence-corrected chi connectivity index (χ0v) is 28.5. The number of thiophene rings is 1. The van der Waals surface area contributed by atoms with Crippen LogP contribution in [0.2, 0.25) is 0 Å². The molecule has 0 saturated carbocycles. The van der Waals surface area contributed by atoms with E-state index in [1.807, 2.05) is 24.3 Å². The van der Waals surface area contributed by atoms with E-state index in [-0.39, 0.29) is 0 Å². The van der Waals surface area contributed by atoms with Crippen LogP contribution in [-0.4, -0.2) is 24.5 Å². The van der Waals surface area contributed by atoms with Crippen LogP contribution in [0.25, 0.3) is 104 Å². The van der Waals surface area contributed by atoms with Crippen LogP contribution in [0.3, 0.4) is 0 Å². The van der Waals surface area contributed by atoms with Gasteiger partial charge in [0.25, 0.3) is 0 Å². The lowest BCUT2D eigenvalue weighted by molar-refractivity contribution is 1.02. The Morgan fingerprint density at radius 3 is 1.60 bits per heavy atom. The van der Waals surface area contributed by atoms with Crippen LogP contribution in [0.1, 0.15) is 0 Å². The minimum Gasteiger partial charge on any atom is -0.276 e. The molecule has 0 fully saturated rings. The molecule has 4 aromatic heterocycles. The lowest BCUT2D eigenvalue weighted by Gasteiger charge is -2.14. The molecule has 0 aliphatic heterocycles. The van der Waals surface area contributed by atoms with Crippen molar-refractivity contribution in [3.8, 4) is 39.7 Å². The number of benzene rings is 7. The predicted molar refractivity (Wildman–Crippen MR) is 216 cm³/mol. The van der Waals surface area contributed by atoms with E-state index in [1.165, 1.54) is 4.70 Å². The minimum atomic E-state index is 0.624. The molecule has 0 radical (unpaired) electrons. The van der Waals surface area contributed by atoms with Gasteiger partial charge in [-0.25, -0.2) is 19.9 Å². The van der Waals surface area contributed by atoms with Crippen LogP contribution in [0, 0.1) is 0 Å². The molecule has 6 heteroatoms. The summed E-state index contributed by atoms with van der Waals surface area (Å²) in [5.74, 6) is 0.624. The molecule has 0 amide bonds. The summed E-state index contributed by atoms with van der Waals surface area (Å²) in [6, 6.07) is 56.7. The van der Waals surface area contributed by atoms with Crippen LogP contribution in [0.4, 0.5) is 0 Å². The van der Waals surface area contributed by atoms with Gasteiger partial charge in [-0.2, -0.15) is 0 Å². The van der Waals surface area contributed by atoms with E-state index < -0.39 is 0 Å². The SMILES string of the molecule is c1ccc(-c2nc3c(nc2-c2ccccc2)c2c4ccccc4n(-c4nc(-c5ccccc5)c5ccccc5n4)c2c2sc4ccccc4c32)cc1. The maximum Gasteiger partial charge on any atom is 0.235 e. The lowest BCUT2D eigenvalue weighted by Crippen LogP contribution is -2.04. The van der Waals surface area contributed by atoms with Gasteiger partial charge in [0.1, 0.15) is 5.52 Å². The Morgan fingerprint density at radius 1 is 0.404 bits per heavy atom. The van der Waals surface area contributed by atoms with Gasteiger partial charge < -0.3 is 0 Å². The van der Waals surface area contributed by atoms with Crippen molar-refractivity contribution in [2.75, 3.05) is 0 Å². The second-order valence-electron chi connectivity index (χ2n) is 13.0. The van der Waals surface area contributed by atoms with Crippen molar-refractivity contribution in [1.82, 2.24) is 24.5 Å². The van der Waals surface area contributed by atoms with Crippen molar-refractivity contribution in [2.45, 2.75) is 0 Å². The van der Waals surface area contributed by atoms with E-state index in [0.29, 0.717) is 5.95 Å². The zero-order valence-electron chi connectivity index (χ0n) is 27.7.